The van der Waals surface area contributed by atoms with E-state index in [1.807, 2.05) is 24.0 Å². The van der Waals surface area contributed by atoms with E-state index in [0.717, 1.165) is 31.1 Å². The van der Waals surface area contributed by atoms with Gasteiger partial charge in [-0.05, 0) is 31.9 Å². The number of hydrogen-bond acceptors (Lipinski definition) is 4. The van der Waals surface area contributed by atoms with Crippen LogP contribution in [0.25, 0.3) is 0 Å². The van der Waals surface area contributed by atoms with Crippen LogP contribution in [0.2, 0.25) is 0 Å². The summed E-state index contributed by atoms with van der Waals surface area (Å²) >= 11 is 0. The van der Waals surface area contributed by atoms with Crippen molar-refractivity contribution in [1.82, 2.24) is 20.5 Å². The first-order chi connectivity index (χ1) is 12.2. The standard InChI is InChI=1S/C17H27F2N5O.HI/c1-2-21-17(22-8-11-25-15-4-3-7-20-12-15)23-14-5-9-24(10-6-14)13-16(18)19;/h3-4,7,12,14,16H,2,5-6,8-11,13H2,1H3,(H2,21,22,23);1H. The summed E-state index contributed by atoms with van der Waals surface area (Å²) in [5, 5.41) is 6.60. The summed E-state index contributed by atoms with van der Waals surface area (Å²) in [6.45, 7) is 5.00. The second-order valence-corrected chi connectivity index (χ2v) is 5.91. The first kappa shape index (κ1) is 22.8. The summed E-state index contributed by atoms with van der Waals surface area (Å²) in [5.74, 6) is 1.46. The monoisotopic (exact) mass is 483 g/mol. The topological polar surface area (TPSA) is 61.8 Å². The molecule has 2 rings (SSSR count). The number of pyridine rings is 1. The lowest BCUT2D eigenvalue weighted by molar-refractivity contribution is 0.0744. The SMILES string of the molecule is CCNC(=NCCOc1cccnc1)NC1CCN(CC(F)F)CC1.I. The van der Waals surface area contributed by atoms with Crippen molar-refractivity contribution in [2.45, 2.75) is 32.2 Å². The fraction of sp³-hybridized carbons (Fsp3) is 0.647. The quantitative estimate of drug-likeness (QED) is 0.258. The molecule has 1 saturated heterocycles. The van der Waals surface area contributed by atoms with E-state index in [4.69, 9.17) is 4.74 Å². The smallest absolute Gasteiger partial charge is 0.251 e. The molecule has 0 bridgehead atoms. The molecule has 0 saturated carbocycles. The summed E-state index contributed by atoms with van der Waals surface area (Å²) in [6.07, 6.45) is 2.78. The highest BCUT2D eigenvalue weighted by molar-refractivity contribution is 14.0. The maximum atomic E-state index is 12.4. The number of guanidine groups is 1. The fourth-order valence-corrected chi connectivity index (χ4v) is 2.72. The zero-order valence-electron chi connectivity index (χ0n) is 15.0. The molecule has 2 heterocycles. The largest absolute Gasteiger partial charge is 0.490 e. The molecule has 148 valence electrons. The van der Waals surface area contributed by atoms with Crippen LogP contribution in [-0.2, 0) is 0 Å². The lowest BCUT2D eigenvalue weighted by Gasteiger charge is -2.32. The molecule has 1 aliphatic heterocycles. The Morgan fingerprint density at radius 2 is 2.19 bits per heavy atom. The van der Waals surface area contributed by atoms with Gasteiger partial charge in [0.25, 0.3) is 6.43 Å². The highest BCUT2D eigenvalue weighted by Crippen LogP contribution is 2.11. The molecule has 6 nitrogen and oxygen atoms in total. The van der Waals surface area contributed by atoms with Crippen molar-refractivity contribution < 1.29 is 13.5 Å². The zero-order valence-corrected chi connectivity index (χ0v) is 17.4. The van der Waals surface area contributed by atoms with Gasteiger partial charge in [0.15, 0.2) is 5.96 Å². The number of alkyl halides is 2. The minimum absolute atomic E-state index is 0. The summed E-state index contributed by atoms with van der Waals surface area (Å²) in [7, 11) is 0. The van der Waals surface area contributed by atoms with Crippen LogP contribution >= 0.6 is 24.0 Å². The predicted molar refractivity (Wildman–Crippen MR) is 110 cm³/mol. The highest BCUT2D eigenvalue weighted by Gasteiger charge is 2.21. The highest BCUT2D eigenvalue weighted by atomic mass is 127. The van der Waals surface area contributed by atoms with Gasteiger partial charge in [0.1, 0.15) is 12.4 Å². The molecule has 1 aromatic heterocycles. The minimum atomic E-state index is -2.26. The third-order valence-electron chi connectivity index (χ3n) is 3.93. The molecular weight excluding hydrogens is 455 g/mol. The molecule has 0 aromatic carbocycles. The van der Waals surface area contributed by atoms with Crippen molar-refractivity contribution >= 4 is 29.9 Å². The number of nitrogens with zero attached hydrogens (tertiary/aromatic N) is 3. The molecule has 26 heavy (non-hydrogen) atoms. The average molecular weight is 483 g/mol. The zero-order chi connectivity index (χ0) is 17.9. The number of likely N-dealkylation sites (tertiary alicyclic amines) is 1. The van der Waals surface area contributed by atoms with Crippen molar-refractivity contribution in [2.75, 3.05) is 39.3 Å². The minimum Gasteiger partial charge on any atom is -0.490 e. The van der Waals surface area contributed by atoms with Gasteiger partial charge in [-0.3, -0.25) is 9.88 Å². The van der Waals surface area contributed by atoms with E-state index in [9.17, 15) is 8.78 Å². The van der Waals surface area contributed by atoms with E-state index in [-0.39, 0.29) is 36.6 Å². The summed E-state index contributed by atoms with van der Waals surface area (Å²) in [6, 6.07) is 3.93. The van der Waals surface area contributed by atoms with E-state index in [1.54, 1.807) is 12.4 Å². The first-order valence-corrected chi connectivity index (χ1v) is 8.75. The van der Waals surface area contributed by atoms with Gasteiger partial charge < -0.3 is 15.4 Å². The van der Waals surface area contributed by atoms with E-state index >= 15 is 0 Å². The van der Waals surface area contributed by atoms with Gasteiger partial charge in [0, 0.05) is 31.9 Å². The van der Waals surface area contributed by atoms with Gasteiger partial charge in [0.05, 0.1) is 19.3 Å². The van der Waals surface area contributed by atoms with Crippen molar-refractivity contribution in [3.8, 4) is 5.75 Å². The molecule has 0 unspecified atom stereocenters. The number of nitrogens with one attached hydrogen (secondary N) is 2. The van der Waals surface area contributed by atoms with E-state index in [2.05, 4.69) is 20.6 Å². The fourth-order valence-electron chi connectivity index (χ4n) is 2.72. The van der Waals surface area contributed by atoms with Crippen LogP contribution in [0.15, 0.2) is 29.5 Å². The van der Waals surface area contributed by atoms with Gasteiger partial charge >= 0.3 is 0 Å². The van der Waals surface area contributed by atoms with Crippen LogP contribution in [0.3, 0.4) is 0 Å². The molecule has 2 N–H and O–H groups in total. The Kier molecular flexibility index (Phi) is 11.4. The van der Waals surface area contributed by atoms with Crippen LogP contribution in [0.4, 0.5) is 8.78 Å². The van der Waals surface area contributed by atoms with Gasteiger partial charge in [-0.15, -0.1) is 24.0 Å². The first-order valence-electron chi connectivity index (χ1n) is 8.75. The Bertz CT molecular complexity index is 513. The molecule has 0 atom stereocenters. The summed E-state index contributed by atoms with van der Waals surface area (Å²) in [5.41, 5.74) is 0. The van der Waals surface area contributed by atoms with E-state index in [0.29, 0.717) is 26.2 Å². The van der Waals surface area contributed by atoms with Crippen molar-refractivity contribution in [3.63, 3.8) is 0 Å². The Labute approximate surface area is 170 Å². The number of hydrogen-bond donors (Lipinski definition) is 2. The van der Waals surface area contributed by atoms with Crippen molar-refractivity contribution in [3.05, 3.63) is 24.5 Å². The number of rotatable bonds is 8. The van der Waals surface area contributed by atoms with Crippen LogP contribution in [0.1, 0.15) is 19.8 Å². The van der Waals surface area contributed by atoms with Crippen molar-refractivity contribution in [2.24, 2.45) is 4.99 Å². The van der Waals surface area contributed by atoms with E-state index < -0.39 is 6.43 Å². The van der Waals surface area contributed by atoms with Crippen LogP contribution in [0.5, 0.6) is 5.75 Å². The van der Waals surface area contributed by atoms with Gasteiger partial charge in [0.2, 0.25) is 0 Å². The normalized spacial score (nSPS) is 16.2. The molecule has 9 heteroatoms. The number of ether oxygens (including phenoxy) is 1. The maximum absolute atomic E-state index is 12.4. The molecule has 0 amide bonds. The van der Waals surface area contributed by atoms with Gasteiger partial charge in [-0.25, -0.2) is 13.8 Å². The van der Waals surface area contributed by atoms with Gasteiger partial charge in [-0.2, -0.15) is 0 Å². The molecule has 0 spiro atoms. The molecular formula is C17H28F2IN5O. The molecule has 1 fully saturated rings. The lowest BCUT2D eigenvalue weighted by atomic mass is 10.1. The number of piperidine rings is 1. The number of aromatic nitrogens is 1. The molecule has 0 radical (unpaired) electrons. The average Bonchev–Trinajstić information content (AvgIpc) is 2.61. The molecule has 1 aliphatic rings. The third kappa shape index (κ3) is 8.93. The Morgan fingerprint density at radius 1 is 1.42 bits per heavy atom. The van der Waals surface area contributed by atoms with Crippen LogP contribution < -0.4 is 15.4 Å². The second-order valence-electron chi connectivity index (χ2n) is 5.91. The van der Waals surface area contributed by atoms with Crippen LogP contribution in [0, 0.1) is 0 Å². The lowest BCUT2D eigenvalue weighted by Crippen LogP contribution is -2.49. The maximum Gasteiger partial charge on any atom is 0.251 e. The number of halogens is 3. The number of aliphatic imine (C=N–C) groups is 1. The van der Waals surface area contributed by atoms with Crippen molar-refractivity contribution in [1.29, 1.82) is 0 Å². The Hall–Kier alpha value is -1.23. The second kappa shape index (κ2) is 13.0. The van der Waals surface area contributed by atoms with E-state index in [1.165, 1.54) is 0 Å². The van der Waals surface area contributed by atoms with Gasteiger partial charge in [-0.1, -0.05) is 0 Å². The third-order valence-corrected chi connectivity index (χ3v) is 3.93. The summed E-state index contributed by atoms with van der Waals surface area (Å²) < 4.78 is 30.4. The predicted octanol–water partition coefficient (Wildman–Crippen LogP) is 2.36. The Balaban J connectivity index is 0.00000338. The van der Waals surface area contributed by atoms with Crippen LogP contribution in [-0.4, -0.2) is 67.6 Å². The summed E-state index contributed by atoms with van der Waals surface area (Å²) in [4.78, 5) is 10.3. The molecule has 1 aromatic rings. The molecule has 0 aliphatic carbocycles. The Morgan fingerprint density at radius 3 is 2.81 bits per heavy atom.